The molecule has 0 aliphatic carbocycles. The largest absolute Gasteiger partial charge is 0.459 e. The van der Waals surface area contributed by atoms with Crippen molar-refractivity contribution in [3.8, 4) is 0 Å². The first-order valence-corrected chi connectivity index (χ1v) is 7.98. The lowest BCUT2D eigenvalue weighted by Crippen LogP contribution is -2.37. The molecular weight excluding hydrogens is 324 g/mol. The summed E-state index contributed by atoms with van der Waals surface area (Å²) in [6, 6.07) is 7.79. The summed E-state index contributed by atoms with van der Waals surface area (Å²) in [4.78, 5) is 39.0. The zero-order chi connectivity index (χ0) is 17.4. The van der Waals surface area contributed by atoms with Gasteiger partial charge in [0.15, 0.2) is 5.76 Å². The van der Waals surface area contributed by atoms with E-state index < -0.39 is 12.1 Å². The molecule has 0 atom stereocenters. The lowest BCUT2D eigenvalue weighted by atomic mass is 10.1. The molecule has 1 aromatic carbocycles. The van der Waals surface area contributed by atoms with Gasteiger partial charge in [-0.15, -0.1) is 0 Å². The third-order valence-corrected chi connectivity index (χ3v) is 4.31. The predicted octanol–water partition coefficient (Wildman–Crippen LogP) is 2.04. The van der Waals surface area contributed by atoms with Gasteiger partial charge in [0, 0.05) is 31.0 Å². The lowest BCUT2D eigenvalue weighted by molar-refractivity contribution is 0.0962. The fourth-order valence-electron chi connectivity index (χ4n) is 3.06. The second-order valence-electron chi connectivity index (χ2n) is 5.84. The van der Waals surface area contributed by atoms with Gasteiger partial charge in [0.2, 0.25) is 0 Å². The Morgan fingerprint density at radius 1 is 1.16 bits per heavy atom. The number of furan rings is 1. The summed E-state index contributed by atoms with van der Waals surface area (Å²) in [5.74, 6) is 0.0576. The third-order valence-electron chi connectivity index (χ3n) is 4.31. The second-order valence-corrected chi connectivity index (χ2v) is 5.84. The van der Waals surface area contributed by atoms with E-state index in [1.54, 1.807) is 29.2 Å². The molecule has 128 valence electrons. The van der Waals surface area contributed by atoms with Gasteiger partial charge in [0.05, 0.1) is 6.26 Å². The fourth-order valence-corrected chi connectivity index (χ4v) is 3.06. The van der Waals surface area contributed by atoms with Crippen LogP contribution in [0.1, 0.15) is 16.1 Å². The molecule has 0 spiro atoms. The lowest BCUT2D eigenvalue weighted by Gasteiger charge is -2.18. The van der Waals surface area contributed by atoms with Gasteiger partial charge in [-0.3, -0.25) is 4.79 Å². The number of imide groups is 1. The highest BCUT2D eigenvalue weighted by Gasteiger charge is 2.29. The first kappa shape index (κ1) is 15.3. The molecule has 8 nitrogen and oxygen atoms in total. The minimum absolute atomic E-state index is 0.217. The first-order chi connectivity index (χ1) is 12.1. The average molecular weight is 340 g/mol. The maximum atomic E-state index is 12.5. The van der Waals surface area contributed by atoms with Crippen molar-refractivity contribution in [1.82, 2.24) is 10.2 Å². The van der Waals surface area contributed by atoms with Crippen LogP contribution in [-0.4, -0.2) is 42.5 Å². The van der Waals surface area contributed by atoms with Gasteiger partial charge in [-0.2, -0.15) is 0 Å². The monoisotopic (exact) mass is 340 g/mol. The Bertz CT molecular complexity index is 846. The van der Waals surface area contributed by atoms with Crippen molar-refractivity contribution in [2.75, 3.05) is 29.9 Å². The molecule has 1 fully saturated rings. The molecule has 2 aromatic rings. The Morgan fingerprint density at radius 2 is 2.04 bits per heavy atom. The number of hydrogen-bond donors (Lipinski definition) is 2. The van der Waals surface area contributed by atoms with Crippen LogP contribution < -0.4 is 15.5 Å². The number of nitrogens with zero attached hydrogens (tertiary/aromatic N) is 2. The van der Waals surface area contributed by atoms with E-state index in [9.17, 15) is 14.4 Å². The van der Waals surface area contributed by atoms with Crippen LogP contribution in [0.25, 0.3) is 0 Å². The normalized spacial score (nSPS) is 15.9. The molecule has 0 bridgehead atoms. The maximum Gasteiger partial charge on any atom is 0.330 e. The van der Waals surface area contributed by atoms with Crippen molar-refractivity contribution in [2.45, 2.75) is 6.42 Å². The number of fused-ring (bicyclic) bond motifs is 1. The Morgan fingerprint density at radius 3 is 2.76 bits per heavy atom. The minimum atomic E-state index is -0.489. The van der Waals surface area contributed by atoms with Crippen LogP contribution in [0.15, 0.2) is 41.0 Å². The van der Waals surface area contributed by atoms with E-state index in [1.165, 1.54) is 6.26 Å². The van der Waals surface area contributed by atoms with Gasteiger partial charge >= 0.3 is 12.1 Å². The summed E-state index contributed by atoms with van der Waals surface area (Å²) >= 11 is 0. The van der Waals surface area contributed by atoms with Crippen molar-refractivity contribution in [3.63, 3.8) is 0 Å². The highest BCUT2D eigenvalue weighted by molar-refractivity contribution is 6.06. The zero-order valence-corrected chi connectivity index (χ0v) is 13.3. The topological polar surface area (TPSA) is 94.9 Å². The number of anilines is 2. The number of carbonyl (C=O) groups is 3. The standard InChI is InChI=1S/C17H16N4O4/c22-15(14-2-1-9-25-14)20-7-5-11-3-4-12(10-13(11)20)19-17(24)21-8-6-18-16(21)23/h1-4,9-10H,5-8H2,(H,18,23)(H,19,24). The molecule has 1 saturated heterocycles. The molecule has 0 unspecified atom stereocenters. The Kier molecular flexibility index (Phi) is 3.64. The predicted molar refractivity (Wildman–Crippen MR) is 89.7 cm³/mol. The molecule has 25 heavy (non-hydrogen) atoms. The van der Waals surface area contributed by atoms with Gasteiger partial charge in [-0.05, 0) is 36.2 Å². The molecule has 1 aromatic heterocycles. The average Bonchev–Trinajstić information content (AvgIpc) is 3.34. The van der Waals surface area contributed by atoms with Crippen LogP contribution in [0, 0.1) is 0 Å². The molecule has 8 heteroatoms. The van der Waals surface area contributed by atoms with E-state index in [-0.39, 0.29) is 11.7 Å². The molecule has 4 rings (SSSR count). The third kappa shape index (κ3) is 2.71. The summed E-state index contributed by atoms with van der Waals surface area (Å²) in [6.07, 6.45) is 2.20. The van der Waals surface area contributed by atoms with E-state index in [4.69, 9.17) is 4.42 Å². The molecule has 2 N–H and O–H groups in total. The molecule has 0 radical (unpaired) electrons. The summed E-state index contributed by atoms with van der Waals surface area (Å²) in [5, 5.41) is 5.28. The number of amides is 5. The van der Waals surface area contributed by atoms with Crippen LogP contribution >= 0.6 is 0 Å². The van der Waals surface area contributed by atoms with E-state index in [2.05, 4.69) is 10.6 Å². The van der Waals surface area contributed by atoms with Gasteiger partial charge in [-0.25, -0.2) is 14.5 Å². The SMILES string of the molecule is O=C1NCCN1C(=O)Nc1ccc2c(c1)N(C(=O)c1ccco1)CC2. The molecule has 2 aliphatic heterocycles. The smallest absolute Gasteiger partial charge is 0.330 e. The number of nitrogens with one attached hydrogen (secondary N) is 2. The minimum Gasteiger partial charge on any atom is -0.459 e. The van der Waals surface area contributed by atoms with Gasteiger partial charge in [0.25, 0.3) is 5.91 Å². The van der Waals surface area contributed by atoms with Gasteiger partial charge in [0.1, 0.15) is 0 Å². The van der Waals surface area contributed by atoms with Crippen LogP contribution in [0.5, 0.6) is 0 Å². The summed E-state index contributed by atoms with van der Waals surface area (Å²) in [5.41, 5.74) is 2.30. The van der Waals surface area contributed by atoms with E-state index in [0.29, 0.717) is 25.3 Å². The number of hydrogen-bond acceptors (Lipinski definition) is 4. The summed E-state index contributed by atoms with van der Waals surface area (Å²) in [7, 11) is 0. The molecule has 5 amide bonds. The number of carbonyl (C=O) groups excluding carboxylic acids is 3. The first-order valence-electron chi connectivity index (χ1n) is 7.98. The quantitative estimate of drug-likeness (QED) is 0.874. The Balaban J connectivity index is 1.55. The van der Waals surface area contributed by atoms with Gasteiger partial charge < -0.3 is 20.0 Å². The van der Waals surface area contributed by atoms with E-state index in [0.717, 1.165) is 22.6 Å². The molecule has 2 aliphatic rings. The Hall–Kier alpha value is -3.29. The highest BCUT2D eigenvalue weighted by atomic mass is 16.3. The van der Waals surface area contributed by atoms with Gasteiger partial charge in [-0.1, -0.05) is 6.07 Å². The van der Waals surface area contributed by atoms with Crippen LogP contribution in [-0.2, 0) is 6.42 Å². The van der Waals surface area contributed by atoms with E-state index >= 15 is 0 Å². The van der Waals surface area contributed by atoms with E-state index in [1.807, 2.05) is 6.07 Å². The zero-order valence-electron chi connectivity index (χ0n) is 13.3. The van der Waals surface area contributed by atoms with Crippen molar-refractivity contribution >= 4 is 29.3 Å². The van der Waals surface area contributed by atoms with Crippen LogP contribution in [0.4, 0.5) is 21.0 Å². The maximum absolute atomic E-state index is 12.5. The number of rotatable bonds is 2. The molecule has 0 saturated carbocycles. The second kappa shape index (κ2) is 5.97. The molecule has 3 heterocycles. The number of urea groups is 2. The molecular formula is C17H16N4O4. The summed E-state index contributed by atoms with van der Waals surface area (Å²) in [6.45, 7) is 1.33. The summed E-state index contributed by atoms with van der Waals surface area (Å²) < 4.78 is 5.18. The van der Waals surface area contributed by atoms with Crippen LogP contribution in [0.2, 0.25) is 0 Å². The van der Waals surface area contributed by atoms with Crippen LogP contribution in [0.3, 0.4) is 0 Å². The van der Waals surface area contributed by atoms with Crippen molar-refractivity contribution in [3.05, 3.63) is 47.9 Å². The highest BCUT2D eigenvalue weighted by Crippen LogP contribution is 2.32. The van der Waals surface area contributed by atoms with Crippen molar-refractivity contribution in [2.24, 2.45) is 0 Å². The fraction of sp³-hybridized carbons (Fsp3) is 0.235. The van der Waals surface area contributed by atoms with Crippen molar-refractivity contribution in [1.29, 1.82) is 0 Å². The Labute approximate surface area is 143 Å². The van der Waals surface area contributed by atoms with Crippen molar-refractivity contribution < 1.29 is 18.8 Å². The number of benzene rings is 1.